The number of sulfonamides is 1. The van der Waals surface area contributed by atoms with Gasteiger partial charge < -0.3 is 16.0 Å². The lowest BCUT2D eigenvalue weighted by Crippen LogP contribution is -2.56. The summed E-state index contributed by atoms with van der Waals surface area (Å²) in [6, 6.07) is 3.13. The van der Waals surface area contributed by atoms with Crippen LogP contribution < -0.4 is 11.1 Å². The summed E-state index contributed by atoms with van der Waals surface area (Å²) in [4.78, 5) is 25.4. The third kappa shape index (κ3) is 5.39. The van der Waals surface area contributed by atoms with E-state index in [0.717, 1.165) is 12.1 Å². The number of nitrogens with two attached hydrogens (primary N) is 1. The van der Waals surface area contributed by atoms with E-state index in [1.165, 1.54) is 21.3 Å². The minimum atomic E-state index is -3.75. The highest BCUT2D eigenvalue weighted by Crippen LogP contribution is 2.19. The molecule has 0 spiro atoms. The van der Waals surface area contributed by atoms with Gasteiger partial charge in [0.2, 0.25) is 15.9 Å². The van der Waals surface area contributed by atoms with Crippen molar-refractivity contribution in [1.82, 2.24) is 14.5 Å². The molecule has 8 nitrogen and oxygen atoms in total. The van der Waals surface area contributed by atoms with E-state index in [2.05, 4.69) is 5.32 Å². The number of piperazine rings is 1. The summed E-state index contributed by atoms with van der Waals surface area (Å²) in [6.07, 6.45) is 0.440. The topological polar surface area (TPSA) is 113 Å². The average Bonchev–Trinajstić information content (AvgIpc) is 2.60. The van der Waals surface area contributed by atoms with Crippen LogP contribution in [0.15, 0.2) is 29.2 Å². The van der Waals surface area contributed by atoms with Crippen molar-refractivity contribution < 1.29 is 22.4 Å². The van der Waals surface area contributed by atoms with Crippen LogP contribution in [0.5, 0.6) is 0 Å². The van der Waals surface area contributed by atoms with Crippen LogP contribution in [0, 0.1) is 11.7 Å². The van der Waals surface area contributed by atoms with Gasteiger partial charge in [0.1, 0.15) is 11.9 Å². The highest BCUT2D eigenvalue weighted by atomic mass is 32.2. The normalized spacial score (nSPS) is 17.0. The zero-order valence-corrected chi connectivity index (χ0v) is 16.2. The second-order valence-corrected chi connectivity index (χ2v) is 8.81. The van der Waals surface area contributed by atoms with Gasteiger partial charge in [0.15, 0.2) is 0 Å². The van der Waals surface area contributed by atoms with Crippen LogP contribution in [0.25, 0.3) is 0 Å². The number of amides is 3. The Balaban J connectivity index is 2.03. The minimum absolute atomic E-state index is 0.0109. The zero-order valence-electron chi connectivity index (χ0n) is 15.4. The Kier molecular flexibility index (Phi) is 6.77. The lowest BCUT2D eigenvalue weighted by atomic mass is 10.0. The summed E-state index contributed by atoms with van der Waals surface area (Å²) in [6.45, 7) is 4.50. The standard InChI is InChI=1S/C17H25FN4O4S/c1-12(2)11-15(20-17(19)24)16(23)21-7-9-22(10-8-21)27(25,26)14-5-3-13(18)4-6-14/h3-6,12,15H,7-11H2,1-2H3,(H3,19,20,24)/t15-/m1/s1. The predicted molar refractivity (Wildman–Crippen MR) is 97.7 cm³/mol. The minimum Gasteiger partial charge on any atom is -0.352 e. The first kappa shape index (κ1) is 21.1. The molecule has 1 aromatic rings. The second kappa shape index (κ2) is 8.66. The zero-order chi connectivity index (χ0) is 20.2. The van der Waals surface area contributed by atoms with E-state index in [9.17, 15) is 22.4 Å². The largest absolute Gasteiger partial charge is 0.352 e. The molecule has 1 fully saturated rings. The van der Waals surface area contributed by atoms with Crippen LogP contribution in [0.1, 0.15) is 20.3 Å². The molecule has 3 amide bonds. The lowest BCUT2D eigenvalue weighted by molar-refractivity contribution is -0.134. The van der Waals surface area contributed by atoms with Crippen molar-refractivity contribution in [3.63, 3.8) is 0 Å². The highest BCUT2D eigenvalue weighted by Gasteiger charge is 2.33. The van der Waals surface area contributed by atoms with E-state index in [1.54, 1.807) is 0 Å². The summed E-state index contributed by atoms with van der Waals surface area (Å²) in [5, 5.41) is 2.46. The molecule has 1 aromatic carbocycles. The Morgan fingerprint density at radius 3 is 2.19 bits per heavy atom. The van der Waals surface area contributed by atoms with Gasteiger partial charge in [-0.25, -0.2) is 17.6 Å². The van der Waals surface area contributed by atoms with Crippen LogP contribution in [-0.4, -0.2) is 61.8 Å². The first-order chi connectivity index (χ1) is 12.6. The molecule has 2 rings (SSSR count). The molecule has 1 heterocycles. The second-order valence-electron chi connectivity index (χ2n) is 6.87. The first-order valence-electron chi connectivity index (χ1n) is 8.71. The number of hydrogen-bond acceptors (Lipinski definition) is 4. The van der Waals surface area contributed by atoms with Gasteiger partial charge in [0.25, 0.3) is 0 Å². The van der Waals surface area contributed by atoms with E-state index in [0.29, 0.717) is 6.42 Å². The Morgan fingerprint density at radius 2 is 1.70 bits per heavy atom. The Labute approximate surface area is 158 Å². The van der Waals surface area contributed by atoms with Gasteiger partial charge in [-0.05, 0) is 36.6 Å². The van der Waals surface area contributed by atoms with Crippen LogP contribution in [0.3, 0.4) is 0 Å². The Morgan fingerprint density at radius 1 is 1.15 bits per heavy atom. The lowest BCUT2D eigenvalue weighted by Gasteiger charge is -2.36. The number of nitrogens with zero attached hydrogens (tertiary/aromatic N) is 2. The third-order valence-corrected chi connectivity index (χ3v) is 6.24. The fraction of sp³-hybridized carbons (Fsp3) is 0.529. The van der Waals surface area contributed by atoms with Gasteiger partial charge in [-0.3, -0.25) is 4.79 Å². The van der Waals surface area contributed by atoms with Gasteiger partial charge >= 0.3 is 6.03 Å². The molecule has 0 bridgehead atoms. The molecule has 3 N–H and O–H groups in total. The van der Waals surface area contributed by atoms with Crippen LogP contribution >= 0.6 is 0 Å². The quantitative estimate of drug-likeness (QED) is 0.733. The van der Waals surface area contributed by atoms with Crippen molar-refractivity contribution in [3.8, 4) is 0 Å². The van der Waals surface area contributed by atoms with Gasteiger partial charge in [-0.1, -0.05) is 13.8 Å². The SMILES string of the molecule is CC(C)C[C@@H](NC(N)=O)C(=O)N1CCN(S(=O)(=O)c2ccc(F)cc2)CC1. The number of carbonyl (C=O) groups excluding carboxylic acids is 2. The summed E-state index contributed by atoms with van der Waals surface area (Å²) in [5.74, 6) is -0.616. The maximum Gasteiger partial charge on any atom is 0.312 e. The Hall–Kier alpha value is -2.20. The summed E-state index contributed by atoms with van der Waals surface area (Å²) >= 11 is 0. The summed E-state index contributed by atoms with van der Waals surface area (Å²) in [5.41, 5.74) is 5.16. The maximum absolute atomic E-state index is 13.0. The molecule has 1 saturated heterocycles. The highest BCUT2D eigenvalue weighted by molar-refractivity contribution is 7.89. The predicted octanol–water partition coefficient (Wildman–Crippen LogP) is 0.742. The van der Waals surface area contributed by atoms with E-state index in [1.807, 2.05) is 13.8 Å². The molecule has 0 aliphatic carbocycles. The van der Waals surface area contributed by atoms with Gasteiger partial charge in [0, 0.05) is 26.2 Å². The fourth-order valence-corrected chi connectivity index (χ4v) is 4.41. The van der Waals surface area contributed by atoms with Gasteiger partial charge in [-0.2, -0.15) is 4.31 Å². The molecule has 1 aliphatic rings. The van der Waals surface area contributed by atoms with Crippen molar-refractivity contribution in [2.24, 2.45) is 11.7 Å². The smallest absolute Gasteiger partial charge is 0.312 e. The molecule has 150 valence electrons. The van der Waals surface area contributed by atoms with E-state index >= 15 is 0 Å². The summed E-state index contributed by atoms with van der Waals surface area (Å²) in [7, 11) is -3.75. The van der Waals surface area contributed by atoms with E-state index in [-0.39, 0.29) is 42.9 Å². The number of hydrogen-bond donors (Lipinski definition) is 2. The van der Waals surface area contributed by atoms with E-state index in [4.69, 9.17) is 5.73 Å². The number of benzene rings is 1. The first-order valence-corrected chi connectivity index (χ1v) is 10.2. The molecule has 1 atom stereocenters. The monoisotopic (exact) mass is 400 g/mol. The molecule has 0 radical (unpaired) electrons. The van der Waals surface area contributed by atoms with Crippen molar-refractivity contribution in [2.45, 2.75) is 31.2 Å². The van der Waals surface area contributed by atoms with Crippen LogP contribution in [0.2, 0.25) is 0 Å². The number of carbonyl (C=O) groups is 2. The van der Waals surface area contributed by atoms with Crippen molar-refractivity contribution in [1.29, 1.82) is 0 Å². The Bertz CT molecular complexity index is 775. The maximum atomic E-state index is 13.0. The molecule has 10 heteroatoms. The van der Waals surface area contributed by atoms with Gasteiger partial charge in [0.05, 0.1) is 4.90 Å². The number of urea groups is 1. The summed E-state index contributed by atoms with van der Waals surface area (Å²) < 4.78 is 39.5. The van der Waals surface area contributed by atoms with Crippen molar-refractivity contribution >= 4 is 22.0 Å². The number of rotatable bonds is 6. The molecule has 0 aromatic heterocycles. The molecular weight excluding hydrogens is 375 g/mol. The molecule has 27 heavy (non-hydrogen) atoms. The number of halogens is 1. The van der Waals surface area contributed by atoms with Crippen molar-refractivity contribution in [3.05, 3.63) is 30.1 Å². The molecule has 0 saturated carbocycles. The van der Waals surface area contributed by atoms with Crippen LogP contribution in [0.4, 0.5) is 9.18 Å². The van der Waals surface area contributed by atoms with Gasteiger partial charge in [-0.15, -0.1) is 0 Å². The third-order valence-electron chi connectivity index (χ3n) is 4.32. The van der Waals surface area contributed by atoms with Crippen LogP contribution in [-0.2, 0) is 14.8 Å². The molecule has 1 aliphatic heterocycles. The number of nitrogens with one attached hydrogen (secondary N) is 1. The average molecular weight is 400 g/mol. The number of primary amides is 1. The fourth-order valence-electron chi connectivity index (χ4n) is 2.99. The van der Waals surface area contributed by atoms with Crippen molar-refractivity contribution in [2.75, 3.05) is 26.2 Å². The molecule has 0 unspecified atom stereocenters. The molecular formula is C17H25FN4O4S. The van der Waals surface area contributed by atoms with E-state index < -0.39 is 27.9 Å².